The van der Waals surface area contributed by atoms with Gasteiger partial charge in [-0.3, -0.25) is 4.79 Å². The van der Waals surface area contributed by atoms with Crippen molar-refractivity contribution in [2.24, 2.45) is 0 Å². The summed E-state index contributed by atoms with van der Waals surface area (Å²) in [5.41, 5.74) is 0.110. The SMILES string of the molecule is COCCc1nn2c(=O)cc(COC(=O)c3cccs3)nc2s1. The first-order chi connectivity index (χ1) is 11.2. The lowest BCUT2D eigenvalue weighted by Crippen LogP contribution is -2.16. The first-order valence-electron chi connectivity index (χ1n) is 6.75. The Balaban J connectivity index is 1.76. The van der Waals surface area contributed by atoms with Gasteiger partial charge in [0.1, 0.15) is 16.5 Å². The van der Waals surface area contributed by atoms with Gasteiger partial charge in [-0.25, -0.2) is 9.78 Å². The van der Waals surface area contributed by atoms with Crippen molar-refractivity contribution in [2.75, 3.05) is 13.7 Å². The third kappa shape index (κ3) is 3.63. The van der Waals surface area contributed by atoms with E-state index in [-0.39, 0.29) is 12.2 Å². The summed E-state index contributed by atoms with van der Waals surface area (Å²) >= 11 is 2.62. The van der Waals surface area contributed by atoms with Gasteiger partial charge in [-0.05, 0) is 11.4 Å². The summed E-state index contributed by atoms with van der Waals surface area (Å²) in [5, 5.41) is 6.77. The average Bonchev–Trinajstić information content (AvgIpc) is 3.20. The molecule has 0 unspecified atom stereocenters. The van der Waals surface area contributed by atoms with Gasteiger partial charge in [0.25, 0.3) is 5.56 Å². The summed E-state index contributed by atoms with van der Waals surface area (Å²) in [4.78, 5) is 29.2. The zero-order chi connectivity index (χ0) is 16.2. The van der Waals surface area contributed by atoms with Gasteiger partial charge in [-0.2, -0.15) is 9.61 Å². The molecule has 0 aliphatic rings. The van der Waals surface area contributed by atoms with E-state index in [1.807, 2.05) is 0 Å². The largest absolute Gasteiger partial charge is 0.455 e. The lowest BCUT2D eigenvalue weighted by atomic mass is 10.4. The summed E-state index contributed by atoms with van der Waals surface area (Å²) < 4.78 is 11.4. The van der Waals surface area contributed by atoms with Gasteiger partial charge in [-0.1, -0.05) is 17.4 Å². The van der Waals surface area contributed by atoms with Crippen LogP contribution in [-0.4, -0.2) is 34.3 Å². The van der Waals surface area contributed by atoms with E-state index in [2.05, 4.69) is 10.1 Å². The smallest absolute Gasteiger partial charge is 0.348 e. The number of thiophene rings is 1. The number of hydrogen-bond acceptors (Lipinski definition) is 8. The minimum atomic E-state index is -0.424. The molecule has 7 nitrogen and oxygen atoms in total. The monoisotopic (exact) mass is 351 g/mol. The zero-order valence-corrected chi connectivity index (χ0v) is 13.9. The van der Waals surface area contributed by atoms with E-state index in [9.17, 15) is 9.59 Å². The predicted molar refractivity (Wildman–Crippen MR) is 86.2 cm³/mol. The number of carbonyl (C=O) groups is 1. The Bertz CT molecular complexity index is 870. The van der Waals surface area contributed by atoms with Crippen LogP contribution in [0.1, 0.15) is 20.4 Å². The number of carbonyl (C=O) groups excluding carboxylic acids is 1. The Labute approximate surface area is 139 Å². The highest BCUT2D eigenvalue weighted by atomic mass is 32.1. The number of hydrogen-bond donors (Lipinski definition) is 0. The highest BCUT2D eigenvalue weighted by Gasteiger charge is 2.12. The molecule has 9 heteroatoms. The number of nitrogens with zero attached hydrogens (tertiary/aromatic N) is 3. The Hall–Kier alpha value is -2.10. The van der Waals surface area contributed by atoms with Gasteiger partial charge >= 0.3 is 5.97 Å². The number of rotatable bonds is 6. The van der Waals surface area contributed by atoms with Crippen LogP contribution in [0.2, 0.25) is 0 Å². The maximum atomic E-state index is 12.1. The van der Waals surface area contributed by atoms with Gasteiger partial charge in [-0.15, -0.1) is 11.3 Å². The molecule has 0 radical (unpaired) electrons. The van der Waals surface area contributed by atoms with Crippen molar-refractivity contribution in [1.82, 2.24) is 14.6 Å². The molecule has 3 aromatic rings. The van der Waals surface area contributed by atoms with Gasteiger partial charge in [0, 0.05) is 19.6 Å². The molecule has 3 aromatic heterocycles. The molecule has 0 N–H and O–H groups in total. The molecule has 3 heterocycles. The van der Waals surface area contributed by atoms with Crippen LogP contribution in [0.4, 0.5) is 0 Å². The predicted octanol–water partition coefficient (Wildman–Crippen LogP) is 1.76. The maximum Gasteiger partial charge on any atom is 0.348 e. The molecule has 120 valence electrons. The standard InChI is InChI=1S/C14H13N3O4S2/c1-20-5-4-11-16-17-12(18)7-9(15-14(17)23-11)8-21-13(19)10-3-2-6-22-10/h2-3,6-7H,4-5,8H2,1H3. The molecule has 0 spiro atoms. The molecule has 0 amide bonds. The molecule has 0 aliphatic carbocycles. The zero-order valence-electron chi connectivity index (χ0n) is 12.2. The van der Waals surface area contributed by atoms with Gasteiger partial charge in [0.05, 0.1) is 12.3 Å². The van der Waals surface area contributed by atoms with Gasteiger partial charge in [0.15, 0.2) is 0 Å². The molecule has 3 rings (SSSR count). The van der Waals surface area contributed by atoms with Crippen LogP contribution < -0.4 is 5.56 Å². The normalized spacial score (nSPS) is 11.0. The lowest BCUT2D eigenvalue weighted by Gasteiger charge is -2.02. The second-order valence-electron chi connectivity index (χ2n) is 4.57. The molecule has 0 aliphatic heterocycles. The van der Waals surface area contributed by atoms with Crippen LogP contribution in [-0.2, 0) is 22.5 Å². The minimum absolute atomic E-state index is 0.0478. The molecule has 23 heavy (non-hydrogen) atoms. The third-order valence-corrected chi connectivity index (χ3v) is 4.75. The van der Waals surface area contributed by atoms with E-state index in [0.717, 1.165) is 5.01 Å². The highest BCUT2D eigenvalue weighted by molar-refractivity contribution is 7.16. The summed E-state index contributed by atoms with van der Waals surface area (Å²) in [6, 6.07) is 4.79. The molecule has 0 saturated carbocycles. The van der Waals surface area contributed by atoms with Crippen molar-refractivity contribution < 1.29 is 14.3 Å². The number of esters is 1. The van der Waals surface area contributed by atoms with E-state index in [4.69, 9.17) is 9.47 Å². The van der Waals surface area contributed by atoms with Crippen molar-refractivity contribution in [3.8, 4) is 0 Å². The van der Waals surface area contributed by atoms with Crippen molar-refractivity contribution in [2.45, 2.75) is 13.0 Å². The van der Waals surface area contributed by atoms with Crippen LogP contribution in [0.15, 0.2) is 28.4 Å². The molecular weight excluding hydrogens is 338 g/mol. The van der Waals surface area contributed by atoms with Crippen LogP contribution in [0.5, 0.6) is 0 Å². The van der Waals surface area contributed by atoms with Crippen LogP contribution in [0.3, 0.4) is 0 Å². The van der Waals surface area contributed by atoms with Crippen LogP contribution in [0.25, 0.3) is 4.96 Å². The summed E-state index contributed by atoms with van der Waals surface area (Å²) in [6.07, 6.45) is 0.618. The van der Waals surface area contributed by atoms with Crippen molar-refractivity contribution in [3.63, 3.8) is 0 Å². The molecular formula is C14H13N3O4S2. The molecule has 0 saturated heterocycles. The second kappa shape index (κ2) is 6.99. The Morgan fingerprint density at radius 3 is 3.04 bits per heavy atom. The molecule has 0 fully saturated rings. The van der Waals surface area contributed by atoms with E-state index in [1.165, 1.54) is 33.3 Å². The molecule has 0 bridgehead atoms. The fraction of sp³-hybridized carbons (Fsp3) is 0.286. The first-order valence-corrected chi connectivity index (χ1v) is 8.45. The highest BCUT2D eigenvalue weighted by Crippen LogP contribution is 2.14. The fourth-order valence-electron chi connectivity index (χ4n) is 1.87. The average molecular weight is 351 g/mol. The Kier molecular flexibility index (Phi) is 4.79. The summed E-state index contributed by atoms with van der Waals surface area (Å²) in [7, 11) is 1.61. The number of aromatic nitrogens is 3. The van der Waals surface area contributed by atoms with Crippen molar-refractivity contribution in [1.29, 1.82) is 0 Å². The maximum absolute atomic E-state index is 12.1. The van der Waals surface area contributed by atoms with Gasteiger partial charge < -0.3 is 9.47 Å². The first kappa shape index (κ1) is 15.8. The van der Waals surface area contributed by atoms with Crippen molar-refractivity contribution in [3.05, 3.63) is 49.5 Å². The molecule has 0 aromatic carbocycles. The lowest BCUT2D eigenvalue weighted by molar-refractivity contribution is 0.0473. The van der Waals surface area contributed by atoms with E-state index >= 15 is 0 Å². The van der Waals surface area contributed by atoms with Gasteiger partial charge in [0.2, 0.25) is 4.96 Å². The minimum Gasteiger partial charge on any atom is -0.455 e. The Morgan fingerprint density at radius 2 is 2.30 bits per heavy atom. The topological polar surface area (TPSA) is 82.8 Å². The number of fused-ring (bicyclic) bond motifs is 1. The van der Waals surface area contributed by atoms with Crippen LogP contribution in [0, 0.1) is 0 Å². The van der Waals surface area contributed by atoms with Crippen LogP contribution >= 0.6 is 22.7 Å². The van der Waals surface area contributed by atoms with E-state index in [1.54, 1.807) is 24.6 Å². The quantitative estimate of drug-likeness (QED) is 0.629. The van der Waals surface area contributed by atoms with E-state index in [0.29, 0.717) is 28.6 Å². The third-order valence-electron chi connectivity index (χ3n) is 2.93. The van der Waals surface area contributed by atoms with Crippen molar-refractivity contribution >= 4 is 33.6 Å². The molecule has 0 atom stereocenters. The number of methoxy groups -OCH3 is 1. The van der Waals surface area contributed by atoms with E-state index < -0.39 is 5.97 Å². The second-order valence-corrected chi connectivity index (χ2v) is 6.56. The Morgan fingerprint density at radius 1 is 1.43 bits per heavy atom. The summed E-state index contributed by atoms with van der Waals surface area (Å²) in [6.45, 7) is 0.480. The fourth-order valence-corrected chi connectivity index (χ4v) is 3.38. The number of ether oxygens (including phenoxy) is 2. The summed E-state index contributed by atoms with van der Waals surface area (Å²) in [5.74, 6) is -0.424.